The molecule has 2 aromatic heterocycles. The molecule has 3 N–H and O–H groups in total. The van der Waals surface area contributed by atoms with E-state index in [1.807, 2.05) is 34.1 Å². The third-order valence-electron chi connectivity index (χ3n) is 7.83. The van der Waals surface area contributed by atoms with Crippen molar-refractivity contribution >= 4 is 28.7 Å². The fourth-order valence-corrected chi connectivity index (χ4v) is 5.65. The molecule has 0 bridgehead atoms. The van der Waals surface area contributed by atoms with E-state index in [0.717, 1.165) is 24.2 Å². The molecule has 2 aromatic carbocycles. The van der Waals surface area contributed by atoms with Crippen molar-refractivity contribution in [3.8, 4) is 0 Å². The van der Waals surface area contributed by atoms with Crippen LogP contribution in [0.25, 0.3) is 5.65 Å². The van der Waals surface area contributed by atoms with Gasteiger partial charge in [0.05, 0.1) is 18.8 Å². The highest BCUT2D eigenvalue weighted by atomic mass is 19.1. The van der Waals surface area contributed by atoms with Gasteiger partial charge in [0.1, 0.15) is 23.7 Å². The highest BCUT2D eigenvalue weighted by Crippen LogP contribution is 2.36. The zero-order valence-electron chi connectivity index (χ0n) is 22.3. The van der Waals surface area contributed by atoms with Crippen LogP contribution in [0, 0.1) is 11.6 Å². The summed E-state index contributed by atoms with van der Waals surface area (Å²) in [6, 6.07) is 14.2. The molecular weight excluding hydrogens is 532 g/mol. The molecule has 0 saturated carbocycles. The van der Waals surface area contributed by atoms with Gasteiger partial charge in [-0.25, -0.2) is 18.3 Å². The zero-order chi connectivity index (χ0) is 28.5. The first-order chi connectivity index (χ1) is 19.9. The predicted molar refractivity (Wildman–Crippen MR) is 150 cm³/mol. The number of hydrogen-bond acceptors (Lipinski definition) is 8. The summed E-state index contributed by atoms with van der Waals surface area (Å²) in [5, 5.41) is 26.6. The average Bonchev–Trinajstić information content (AvgIpc) is 3.66. The van der Waals surface area contributed by atoms with E-state index in [4.69, 9.17) is 5.11 Å². The number of amides is 1. The number of hydrogen-bond donors (Lipinski definition) is 3. The lowest BCUT2D eigenvalue weighted by atomic mass is 10.0. The maximum absolute atomic E-state index is 14.6. The van der Waals surface area contributed by atoms with Crippen LogP contribution in [-0.2, 0) is 0 Å². The fourth-order valence-electron chi connectivity index (χ4n) is 5.65. The molecule has 1 amide bonds. The number of nitrogens with zero attached hydrogens (tertiary/aromatic N) is 6. The van der Waals surface area contributed by atoms with Gasteiger partial charge in [0.2, 0.25) is 0 Å². The number of aromatic nitrogens is 3. The van der Waals surface area contributed by atoms with Crippen LogP contribution in [0.15, 0.2) is 60.8 Å². The maximum atomic E-state index is 14.6. The Bertz CT molecular complexity index is 1540. The second-order valence-electron chi connectivity index (χ2n) is 10.3. The van der Waals surface area contributed by atoms with Crippen molar-refractivity contribution in [1.29, 1.82) is 0 Å². The first-order valence-electron chi connectivity index (χ1n) is 13.7. The van der Waals surface area contributed by atoms with Crippen molar-refractivity contribution in [2.75, 3.05) is 54.4 Å². The molecule has 2 aliphatic rings. The number of anilines is 3. The molecular formula is C29H31F2N7O3. The van der Waals surface area contributed by atoms with Gasteiger partial charge in [-0.15, -0.1) is 5.10 Å². The normalized spacial score (nSPS) is 18.7. The Morgan fingerprint density at radius 2 is 1.80 bits per heavy atom. The molecule has 0 spiro atoms. The minimum absolute atomic E-state index is 0.247. The molecule has 41 heavy (non-hydrogen) atoms. The molecule has 4 aromatic rings. The maximum Gasteiger partial charge on any atom is 0.276 e. The molecule has 10 nitrogen and oxygen atoms in total. The van der Waals surface area contributed by atoms with Gasteiger partial charge < -0.3 is 25.3 Å². The molecule has 2 aliphatic heterocycles. The summed E-state index contributed by atoms with van der Waals surface area (Å²) in [4.78, 5) is 23.5. The van der Waals surface area contributed by atoms with Crippen LogP contribution in [-0.4, -0.2) is 81.2 Å². The summed E-state index contributed by atoms with van der Waals surface area (Å²) >= 11 is 0. The van der Waals surface area contributed by atoms with Crippen molar-refractivity contribution in [2.24, 2.45) is 0 Å². The summed E-state index contributed by atoms with van der Waals surface area (Å²) in [6.45, 7) is 3.03. The molecule has 2 saturated heterocycles. The quantitative estimate of drug-likeness (QED) is 0.315. The number of halogens is 2. The molecule has 2 fully saturated rings. The lowest BCUT2D eigenvalue weighted by Crippen LogP contribution is -2.51. The average molecular weight is 564 g/mol. The topological polar surface area (TPSA) is 109 Å². The molecule has 214 valence electrons. The highest BCUT2D eigenvalue weighted by Gasteiger charge is 2.30. The molecule has 4 heterocycles. The summed E-state index contributed by atoms with van der Waals surface area (Å²) < 4.78 is 30.0. The number of rotatable bonds is 7. The Hall–Kier alpha value is -4.13. The Morgan fingerprint density at radius 1 is 1.02 bits per heavy atom. The minimum Gasteiger partial charge on any atom is -0.392 e. The highest BCUT2D eigenvalue weighted by molar-refractivity contribution is 6.03. The van der Waals surface area contributed by atoms with Crippen LogP contribution >= 0.6 is 0 Å². The number of carbonyl (C=O) groups is 1. The zero-order valence-corrected chi connectivity index (χ0v) is 22.3. The molecule has 1 unspecified atom stereocenters. The molecule has 12 heteroatoms. The van der Waals surface area contributed by atoms with E-state index < -0.39 is 17.9 Å². The molecule has 0 radical (unpaired) electrons. The van der Waals surface area contributed by atoms with Crippen LogP contribution in [0.3, 0.4) is 0 Å². The Morgan fingerprint density at radius 3 is 2.56 bits per heavy atom. The number of imidazole rings is 1. The monoisotopic (exact) mass is 563 g/mol. The van der Waals surface area contributed by atoms with Gasteiger partial charge in [0.25, 0.3) is 5.91 Å². The first-order valence-corrected chi connectivity index (χ1v) is 13.7. The lowest BCUT2D eigenvalue weighted by molar-refractivity contribution is -0.0369. The predicted octanol–water partition coefficient (Wildman–Crippen LogP) is 3.03. The van der Waals surface area contributed by atoms with Gasteiger partial charge in [0, 0.05) is 49.7 Å². The number of fused-ring (bicyclic) bond motifs is 1. The van der Waals surface area contributed by atoms with Crippen LogP contribution in [0.1, 0.15) is 34.9 Å². The van der Waals surface area contributed by atoms with Gasteiger partial charge in [-0.05, 0) is 67.4 Å². The van der Waals surface area contributed by atoms with Crippen molar-refractivity contribution in [3.05, 3.63) is 83.7 Å². The van der Waals surface area contributed by atoms with E-state index >= 15 is 0 Å². The third-order valence-corrected chi connectivity index (χ3v) is 7.83. The third kappa shape index (κ3) is 5.45. The standard InChI is InChI=1S/C29H31F2N7O3/c30-19-3-8-23(31)22(16-19)24-2-1-11-37(24)27-10-9-26-32-17-25(38(26)34-27)29(41)33-20-4-6-21(7-5-20)35-12-14-36(15-13-35)28(40)18-39/h3-10,16-17,24,28,39-40H,1-2,11-15,18H2,(H,33,41)/t24-,28?/m1/s1. The van der Waals surface area contributed by atoms with Crippen LogP contribution in [0.4, 0.5) is 26.0 Å². The van der Waals surface area contributed by atoms with E-state index in [-0.39, 0.29) is 24.2 Å². The van der Waals surface area contributed by atoms with E-state index in [9.17, 15) is 18.7 Å². The van der Waals surface area contributed by atoms with Crippen LogP contribution in [0.5, 0.6) is 0 Å². The lowest BCUT2D eigenvalue weighted by Gasteiger charge is -2.37. The number of aliphatic hydroxyl groups is 2. The summed E-state index contributed by atoms with van der Waals surface area (Å²) in [6.07, 6.45) is 2.08. The second kappa shape index (κ2) is 11.4. The van der Waals surface area contributed by atoms with E-state index in [1.165, 1.54) is 16.8 Å². The van der Waals surface area contributed by atoms with Crippen LogP contribution < -0.4 is 15.1 Å². The second-order valence-corrected chi connectivity index (χ2v) is 10.3. The van der Waals surface area contributed by atoms with Gasteiger partial charge in [-0.1, -0.05) is 0 Å². The number of nitrogens with one attached hydrogen (secondary N) is 1. The number of benzene rings is 2. The van der Waals surface area contributed by atoms with Gasteiger partial charge >= 0.3 is 0 Å². The Kier molecular flexibility index (Phi) is 7.52. The smallest absolute Gasteiger partial charge is 0.276 e. The van der Waals surface area contributed by atoms with Crippen molar-refractivity contribution < 1.29 is 23.8 Å². The van der Waals surface area contributed by atoms with E-state index in [2.05, 4.69) is 20.3 Å². The van der Waals surface area contributed by atoms with Crippen LogP contribution in [0.2, 0.25) is 0 Å². The summed E-state index contributed by atoms with van der Waals surface area (Å²) in [7, 11) is 0. The summed E-state index contributed by atoms with van der Waals surface area (Å²) in [5.41, 5.74) is 2.64. The van der Waals surface area contributed by atoms with Crippen molar-refractivity contribution in [1.82, 2.24) is 19.5 Å². The van der Waals surface area contributed by atoms with Gasteiger partial charge in [0.15, 0.2) is 11.3 Å². The Labute approximate surface area is 235 Å². The Balaban J connectivity index is 1.16. The largest absolute Gasteiger partial charge is 0.392 e. The van der Waals surface area contributed by atoms with E-state index in [1.54, 1.807) is 12.1 Å². The fraction of sp³-hybridized carbons (Fsp3) is 0.345. The molecule has 2 atom stereocenters. The van der Waals surface area contributed by atoms with Crippen molar-refractivity contribution in [3.63, 3.8) is 0 Å². The summed E-state index contributed by atoms with van der Waals surface area (Å²) in [5.74, 6) is -0.776. The SMILES string of the molecule is O=C(Nc1ccc(N2CCN(C(O)CO)CC2)cc1)c1cnc2ccc(N3CCC[C@@H]3c3cc(F)ccc3F)nn12. The first kappa shape index (κ1) is 27.1. The van der Waals surface area contributed by atoms with E-state index in [0.29, 0.717) is 61.9 Å². The van der Waals surface area contributed by atoms with Gasteiger partial charge in [-0.3, -0.25) is 9.69 Å². The number of piperazine rings is 1. The van der Waals surface area contributed by atoms with Crippen molar-refractivity contribution in [2.45, 2.75) is 25.1 Å². The number of aliphatic hydroxyl groups excluding tert-OH is 2. The number of carbonyl (C=O) groups excluding carboxylic acids is 1. The minimum atomic E-state index is -0.840. The molecule has 0 aliphatic carbocycles. The molecule has 6 rings (SSSR count). The van der Waals surface area contributed by atoms with Gasteiger partial charge in [-0.2, -0.15) is 0 Å².